The summed E-state index contributed by atoms with van der Waals surface area (Å²) in [7, 11) is 0. The van der Waals surface area contributed by atoms with Gasteiger partial charge in [0.2, 0.25) is 0 Å². The van der Waals surface area contributed by atoms with Gasteiger partial charge < -0.3 is 4.98 Å². The number of aromatic nitrogens is 1. The smallest absolute Gasteiger partial charge is 0.0412 e. The Bertz CT molecular complexity index is 279. The molecule has 0 amide bonds. The largest absolute Gasteiger partial charge is 0.361 e. The highest BCUT2D eigenvalue weighted by Crippen LogP contribution is 2.09. The lowest BCUT2D eigenvalue weighted by Crippen LogP contribution is -1.75. The van der Waals surface area contributed by atoms with Crippen LogP contribution in [-0.2, 0) is 0 Å². The summed E-state index contributed by atoms with van der Waals surface area (Å²) >= 11 is 0. The third-order valence-corrected chi connectivity index (χ3v) is 1.69. The lowest BCUT2D eigenvalue weighted by molar-refractivity contribution is 1.33. The minimum atomic E-state index is 1.17. The summed E-state index contributed by atoms with van der Waals surface area (Å²) in [6, 6.07) is 2.06. The van der Waals surface area contributed by atoms with Crippen LogP contribution in [0.3, 0.4) is 0 Å². The maximum Gasteiger partial charge on any atom is 0.0412 e. The Hall–Kier alpha value is -1.24. The third-order valence-electron chi connectivity index (χ3n) is 1.69. The van der Waals surface area contributed by atoms with E-state index in [0.717, 1.165) is 0 Å². The van der Waals surface area contributed by atoms with Gasteiger partial charge in [0, 0.05) is 11.9 Å². The van der Waals surface area contributed by atoms with E-state index >= 15 is 0 Å². The molecule has 11 heavy (non-hydrogen) atoms. The molecule has 58 valence electrons. The fourth-order valence-corrected chi connectivity index (χ4v) is 0.902. The lowest BCUT2D eigenvalue weighted by Gasteiger charge is -1.92. The third kappa shape index (κ3) is 1.84. The van der Waals surface area contributed by atoms with Crippen LogP contribution in [0.5, 0.6) is 0 Å². The van der Waals surface area contributed by atoms with Gasteiger partial charge in [-0.25, -0.2) is 0 Å². The van der Waals surface area contributed by atoms with E-state index in [1.807, 2.05) is 19.2 Å². The van der Waals surface area contributed by atoms with E-state index in [-0.39, 0.29) is 0 Å². The molecule has 0 saturated heterocycles. The van der Waals surface area contributed by atoms with Crippen molar-refractivity contribution in [1.82, 2.24) is 4.98 Å². The molecule has 0 saturated carbocycles. The van der Waals surface area contributed by atoms with Gasteiger partial charge in [0.1, 0.15) is 0 Å². The maximum atomic E-state index is 3.69. The van der Waals surface area contributed by atoms with Crippen LogP contribution >= 0.6 is 0 Å². The summed E-state index contributed by atoms with van der Waals surface area (Å²) in [5.74, 6) is 0. The molecule has 1 aromatic heterocycles. The number of hydrogen-bond acceptors (Lipinski definition) is 0. The summed E-state index contributed by atoms with van der Waals surface area (Å²) in [4.78, 5) is 3.15. The van der Waals surface area contributed by atoms with Gasteiger partial charge in [0.25, 0.3) is 0 Å². The molecule has 0 spiro atoms. The van der Waals surface area contributed by atoms with Gasteiger partial charge in [-0.2, -0.15) is 0 Å². The molecule has 0 atom stereocenters. The Labute approximate surface area is 67.5 Å². The van der Waals surface area contributed by atoms with Crippen molar-refractivity contribution in [3.63, 3.8) is 0 Å². The molecule has 0 aromatic carbocycles. The zero-order valence-electron chi connectivity index (χ0n) is 7.02. The average molecular weight is 147 g/mol. The van der Waals surface area contributed by atoms with E-state index in [1.165, 1.54) is 16.8 Å². The number of nitrogens with one attached hydrogen (secondary N) is 1. The molecule has 0 aliphatic heterocycles. The molecule has 1 rings (SSSR count). The Morgan fingerprint density at radius 1 is 1.64 bits per heavy atom. The number of rotatable bonds is 2. The zero-order chi connectivity index (χ0) is 8.27. The first-order valence-electron chi connectivity index (χ1n) is 3.68. The maximum absolute atomic E-state index is 3.69. The van der Waals surface area contributed by atoms with E-state index < -0.39 is 0 Å². The van der Waals surface area contributed by atoms with Crippen molar-refractivity contribution in [3.05, 3.63) is 41.7 Å². The van der Waals surface area contributed by atoms with Crippen molar-refractivity contribution in [2.75, 3.05) is 0 Å². The highest BCUT2D eigenvalue weighted by molar-refractivity contribution is 5.54. The van der Waals surface area contributed by atoms with Gasteiger partial charge in [0.15, 0.2) is 0 Å². The SMILES string of the molecule is C=C/C(C)=C\c1[nH]ccc1C. The van der Waals surface area contributed by atoms with Crippen molar-refractivity contribution in [3.8, 4) is 0 Å². The Morgan fingerprint density at radius 3 is 2.82 bits per heavy atom. The molecule has 1 heterocycles. The Kier molecular flexibility index (Phi) is 2.32. The lowest BCUT2D eigenvalue weighted by atomic mass is 10.2. The first-order chi connectivity index (χ1) is 5.24. The second-order valence-corrected chi connectivity index (χ2v) is 2.67. The van der Waals surface area contributed by atoms with E-state index in [4.69, 9.17) is 0 Å². The fraction of sp³-hybridized carbons (Fsp3) is 0.200. The van der Waals surface area contributed by atoms with Gasteiger partial charge in [-0.1, -0.05) is 12.7 Å². The number of allylic oxidation sites excluding steroid dienone is 2. The summed E-state index contributed by atoms with van der Waals surface area (Å²) < 4.78 is 0. The fourth-order valence-electron chi connectivity index (χ4n) is 0.902. The molecular formula is C10H13N. The molecule has 1 heteroatoms. The summed E-state index contributed by atoms with van der Waals surface area (Å²) in [6.07, 6.45) is 5.88. The average Bonchev–Trinajstić information content (AvgIpc) is 2.37. The molecule has 1 nitrogen and oxygen atoms in total. The van der Waals surface area contributed by atoms with E-state index in [0.29, 0.717) is 0 Å². The second kappa shape index (κ2) is 3.24. The topological polar surface area (TPSA) is 15.8 Å². The number of H-pyrrole nitrogens is 1. The van der Waals surface area contributed by atoms with Crippen LogP contribution in [-0.4, -0.2) is 4.98 Å². The predicted octanol–water partition coefficient (Wildman–Crippen LogP) is 2.91. The van der Waals surface area contributed by atoms with E-state index in [9.17, 15) is 0 Å². The van der Waals surface area contributed by atoms with Crippen molar-refractivity contribution in [1.29, 1.82) is 0 Å². The van der Waals surface area contributed by atoms with Crippen LogP contribution in [0.4, 0.5) is 0 Å². The van der Waals surface area contributed by atoms with Gasteiger partial charge in [-0.15, -0.1) is 0 Å². The van der Waals surface area contributed by atoms with Crippen molar-refractivity contribution in [2.24, 2.45) is 0 Å². The molecule has 1 N–H and O–H groups in total. The van der Waals surface area contributed by atoms with Crippen LogP contribution in [0.2, 0.25) is 0 Å². The van der Waals surface area contributed by atoms with Crippen molar-refractivity contribution in [2.45, 2.75) is 13.8 Å². The minimum Gasteiger partial charge on any atom is -0.361 e. The molecule has 0 unspecified atom stereocenters. The Balaban J connectivity index is 2.94. The van der Waals surface area contributed by atoms with Crippen LogP contribution in [0.25, 0.3) is 6.08 Å². The van der Waals surface area contributed by atoms with E-state index in [2.05, 4.69) is 30.6 Å². The van der Waals surface area contributed by atoms with Gasteiger partial charge in [0.05, 0.1) is 0 Å². The minimum absolute atomic E-state index is 1.17. The highest BCUT2D eigenvalue weighted by atomic mass is 14.7. The molecule has 0 fully saturated rings. The first-order valence-corrected chi connectivity index (χ1v) is 3.68. The summed E-state index contributed by atoms with van der Waals surface area (Å²) in [5.41, 5.74) is 3.61. The molecule has 0 bridgehead atoms. The number of aromatic amines is 1. The number of aryl methyl sites for hydroxylation is 1. The summed E-state index contributed by atoms with van der Waals surface area (Å²) in [5, 5.41) is 0. The van der Waals surface area contributed by atoms with Crippen LogP contribution in [0.15, 0.2) is 30.5 Å². The zero-order valence-corrected chi connectivity index (χ0v) is 7.02. The number of hydrogen-bond donors (Lipinski definition) is 1. The molecule has 0 aliphatic carbocycles. The van der Waals surface area contributed by atoms with Gasteiger partial charge in [-0.3, -0.25) is 0 Å². The quantitative estimate of drug-likeness (QED) is 0.619. The Morgan fingerprint density at radius 2 is 2.36 bits per heavy atom. The molecule has 0 radical (unpaired) electrons. The van der Waals surface area contributed by atoms with Gasteiger partial charge >= 0.3 is 0 Å². The van der Waals surface area contributed by atoms with E-state index in [1.54, 1.807) is 0 Å². The monoisotopic (exact) mass is 147 g/mol. The highest BCUT2D eigenvalue weighted by Gasteiger charge is 1.92. The molecule has 0 aliphatic rings. The van der Waals surface area contributed by atoms with Gasteiger partial charge in [-0.05, 0) is 37.1 Å². The first kappa shape index (κ1) is 7.86. The summed E-state index contributed by atoms with van der Waals surface area (Å²) in [6.45, 7) is 7.81. The molecule has 1 aromatic rings. The molecular weight excluding hydrogens is 134 g/mol. The predicted molar refractivity (Wildman–Crippen MR) is 49.4 cm³/mol. The standard InChI is InChI=1S/C10H13N/c1-4-8(2)7-10-9(3)5-6-11-10/h4-7,11H,1H2,2-3H3/b8-7-. The van der Waals surface area contributed by atoms with Crippen LogP contribution in [0, 0.1) is 6.92 Å². The van der Waals surface area contributed by atoms with Crippen molar-refractivity contribution >= 4 is 6.08 Å². The van der Waals surface area contributed by atoms with Crippen LogP contribution in [0.1, 0.15) is 18.2 Å². The van der Waals surface area contributed by atoms with Crippen molar-refractivity contribution < 1.29 is 0 Å². The van der Waals surface area contributed by atoms with Crippen LogP contribution < -0.4 is 0 Å². The second-order valence-electron chi connectivity index (χ2n) is 2.67. The normalized spacial score (nSPS) is 11.6.